The lowest BCUT2D eigenvalue weighted by Crippen LogP contribution is -2.29. The molecule has 7 heterocycles. The van der Waals surface area contributed by atoms with Crippen molar-refractivity contribution in [2.45, 2.75) is 25.8 Å². The SMILES string of the molecule is c1csc(-c2ccnc3nc(-c4n[nH]c5cnc(-c6cncc(CN7CCCCC7)c6)cc45)[nH]c23)c1. The van der Waals surface area contributed by atoms with E-state index in [1.165, 1.54) is 29.7 Å². The highest BCUT2D eigenvalue weighted by Gasteiger charge is 2.17. The predicted octanol–water partition coefficient (Wildman–Crippen LogP) is 5.67. The van der Waals surface area contributed by atoms with Gasteiger partial charge in [0.05, 0.1) is 22.9 Å². The fraction of sp³-hybridized carbons (Fsp3) is 0.222. The van der Waals surface area contributed by atoms with Gasteiger partial charge in [0.25, 0.3) is 0 Å². The highest BCUT2D eigenvalue weighted by atomic mass is 32.1. The van der Waals surface area contributed by atoms with Crippen LogP contribution in [-0.4, -0.2) is 53.1 Å². The van der Waals surface area contributed by atoms with Gasteiger partial charge in [-0.25, -0.2) is 9.97 Å². The number of hydrogen-bond donors (Lipinski definition) is 2. The lowest BCUT2D eigenvalue weighted by atomic mass is 10.1. The largest absolute Gasteiger partial charge is 0.335 e. The maximum absolute atomic E-state index is 4.77. The van der Waals surface area contributed by atoms with E-state index in [4.69, 9.17) is 9.97 Å². The number of hydrogen-bond acceptors (Lipinski definition) is 7. The molecule has 2 N–H and O–H groups in total. The van der Waals surface area contributed by atoms with E-state index < -0.39 is 0 Å². The molecule has 0 radical (unpaired) electrons. The van der Waals surface area contributed by atoms with Gasteiger partial charge >= 0.3 is 0 Å². The van der Waals surface area contributed by atoms with Crippen molar-refractivity contribution in [3.05, 3.63) is 66.1 Å². The first-order chi connectivity index (χ1) is 17.8. The molecule has 6 aromatic heterocycles. The van der Waals surface area contributed by atoms with Crippen molar-refractivity contribution >= 4 is 33.4 Å². The Balaban J connectivity index is 1.26. The van der Waals surface area contributed by atoms with Gasteiger partial charge in [-0.05, 0) is 61.1 Å². The van der Waals surface area contributed by atoms with Crippen LogP contribution >= 0.6 is 11.3 Å². The lowest BCUT2D eigenvalue weighted by molar-refractivity contribution is 0.220. The van der Waals surface area contributed by atoms with E-state index in [9.17, 15) is 0 Å². The minimum absolute atomic E-state index is 0.677. The molecule has 0 aliphatic carbocycles. The minimum atomic E-state index is 0.677. The van der Waals surface area contributed by atoms with Gasteiger partial charge in [0.15, 0.2) is 11.5 Å². The second-order valence-corrected chi connectivity index (χ2v) is 10.2. The Labute approximate surface area is 211 Å². The number of aromatic nitrogens is 7. The second kappa shape index (κ2) is 8.92. The number of nitrogens with one attached hydrogen (secondary N) is 2. The van der Waals surface area contributed by atoms with E-state index in [0.29, 0.717) is 11.5 Å². The first-order valence-electron chi connectivity index (χ1n) is 12.2. The van der Waals surface area contributed by atoms with Crippen LogP contribution in [0.3, 0.4) is 0 Å². The standard InChI is InChI=1S/C27H24N8S/c1-2-8-35(9-3-1)16-17-11-18(14-28-13-17)21-12-20-22(15-30-21)33-34-25(20)27-31-24-19(23-5-4-10-36-23)6-7-29-26(24)32-27/h4-7,10-15H,1-3,8-9,16H2,(H,33,34)(H,29,31,32). The fourth-order valence-electron chi connectivity index (χ4n) is 5.01. The Morgan fingerprint density at radius 3 is 2.83 bits per heavy atom. The van der Waals surface area contributed by atoms with E-state index in [-0.39, 0.29) is 0 Å². The maximum atomic E-state index is 4.77. The van der Waals surface area contributed by atoms with E-state index >= 15 is 0 Å². The Bertz CT molecular complexity index is 1660. The number of H-pyrrole nitrogens is 2. The first kappa shape index (κ1) is 21.3. The van der Waals surface area contributed by atoms with Crippen molar-refractivity contribution in [1.82, 2.24) is 40.0 Å². The van der Waals surface area contributed by atoms with Gasteiger partial charge in [-0.3, -0.25) is 20.0 Å². The summed E-state index contributed by atoms with van der Waals surface area (Å²) in [5.41, 5.74) is 7.38. The van der Waals surface area contributed by atoms with Crippen molar-refractivity contribution in [3.8, 4) is 33.2 Å². The molecule has 0 saturated carbocycles. The molecule has 0 unspecified atom stereocenters. The third-order valence-corrected chi connectivity index (χ3v) is 7.70. The van der Waals surface area contributed by atoms with E-state index in [0.717, 1.165) is 58.6 Å². The monoisotopic (exact) mass is 492 g/mol. The van der Waals surface area contributed by atoms with Gasteiger partial charge in [0.2, 0.25) is 0 Å². The van der Waals surface area contributed by atoms with Crippen LogP contribution < -0.4 is 0 Å². The number of nitrogens with zero attached hydrogens (tertiary/aromatic N) is 6. The van der Waals surface area contributed by atoms with Gasteiger partial charge in [-0.1, -0.05) is 12.5 Å². The molecular weight excluding hydrogens is 468 g/mol. The zero-order valence-electron chi connectivity index (χ0n) is 19.6. The number of likely N-dealkylation sites (tertiary alicyclic amines) is 1. The zero-order chi connectivity index (χ0) is 23.9. The molecule has 9 heteroatoms. The van der Waals surface area contributed by atoms with Gasteiger partial charge in [-0.2, -0.15) is 5.10 Å². The second-order valence-electron chi connectivity index (χ2n) is 9.23. The normalized spacial score (nSPS) is 14.7. The van der Waals surface area contributed by atoms with Crippen molar-refractivity contribution < 1.29 is 0 Å². The molecule has 1 saturated heterocycles. The number of imidazole rings is 1. The molecule has 6 aromatic rings. The lowest BCUT2D eigenvalue weighted by Gasteiger charge is -2.26. The van der Waals surface area contributed by atoms with Gasteiger partial charge in [-0.15, -0.1) is 11.3 Å². The molecule has 1 aliphatic heterocycles. The summed E-state index contributed by atoms with van der Waals surface area (Å²) in [7, 11) is 0. The fourth-order valence-corrected chi connectivity index (χ4v) is 5.76. The Hall–Kier alpha value is -3.95. The Morgan fingerprint density at radius 2 is 1.94 bits per heavy atom. The Morgan fingerprint density at radius 1 is 1.00 bits per heavy atom. The molecule has 0 aromatic carbocycles. The summed E-state index contributed by atoms with van der Waals surface area (Å²) < 4.78 is 0. The van der Waals surface area contributed by atoms with Crippen LogP contribution in [-0.2, 0) is 6.54 Å². The molecule has 1 fully saturated rings. The summed E-state index contributed by atoms with van der Waals surface area (Å²) in [5, 5.41) is 10.7. The van der Waals surface area contributed by atoms with Crippen LogP contribution in [0.5, 0.6) is 0 Å². The van der Waals surface area contributed by atoms with Crippen LogP contribution in [0.15, 0.2) is 60.5 Å². The molecule has 0 bridgehead atoms. The molecule has 1 aliphatic rings. The van der Waals surface area contributed by atoms with Crippen LogP contribution in [0.4, 0.5) is 0 Å². The van der Waals surface area contributed by atoms with Crippen LogP contribution in [0.25, 0.3) is 55.3 Å². The summed E-state index contributed by atoms with van der Waals surface area (Å²) in [6, 6.07) is 10.4. The van der Waals surface area contributed by atoms with Crippen molar-refractivity contribution in [1.29, 1.82) is 0 Å². The Kier molecular flexibility index (Phi) is 5.29. The predicted molar refractivity (Wildman–Crippen MR) is 142 cm³/mol. The maximum Gasteiger partial charge on any atom is 0.178 e. The third kappa shape index (κ3) is 3.86. The quantitative estimate of drug-likeness (QED) is 0.322. The van der Waals surface area contributed by atoms with Crippen LogP contribution in [0, 0.1) is 0 Å². The number of piperidine rings is 1. The number of aromatic amines is 2. The van der Waals surface area contributed by atoms with E-state index in [1.54, 1.807) is 17.5 Å². The van der Waals surface area contributed by atoms with Crippen LogP contribution in [0.1, 0.15) is 24.8 Å². The van der Waals surface area contributed by atoms with Crippen molar-refractivity contribution in [2.24, 2.45) is 0 Å². The van der Waals surface area contributed by atoms with Crippen molar-refractivity contribution in [2.75, 3.05) is 13.1 Å². The molecule has 7 rings (SSSR count). The number of pyridine rings is 3. The topological polar surface area (TPSA) is 99.3 Å². The summed E-state index contributed by atoms with van der Waals surface area (Å²) in [4.78, 5) is 25.6. The third-order valence-electron chi connectivity index (χ3n) is 6.80. The molecule has 0 atom stereocenters. The number of rotatable bonds is 5. The smallest absolute Gasteiger partial charge is 0.178 e. The van der Waals surface area contributed by atoms with Crippen LogP contribution in [0.2, 0.25) is 0 Å². The summed E-state index contributed by atoms with van der Waals surface area (Å²) >= 11 is 1.70. The highest BCUT2D eigenvalue weighted by molar-refractivity contribution is 7.13. The zero-order valence-corrected chi connectivity index (χ0v) is 20.4. The summed E-state index contributed by atoms with van der Waals surface area (Å²) in [6.07, 6.45) is 11.4. The molecule has 178 valence electrons. The molecule has 0 amide bonds. The minimum Gasteiger partial charge on any atom is -0.335 e. The highest BCUT2D eigenvalue weighted by Crippen LogP contribution is 2.33. The van der Waals surface area contributed by atoms with E-state index in [2.05, 4.69) is 59.7 Å². The number of thiophene rings is 1. The van der Waals surface area contributed by atoms with Gasteiger partial charge in [0.1, 0.15) is 5.69 Å². The summed E-state index contributed by atoms with van der Waals surface area (Å²) in [5.74, 6) is 0.682. The number of fused-ring (bicyclic) bond motifs is 2. The summed E-state index contributed by atoms with van der Waals surface area (Å²) in [6.45, 7) is 3.25. The molecular formula is C27H24N8S. The van der Waals surface area contributed by atoms with Gasteiger partial charge < -0.3 is 4.98 Å². The average Bonchev–Trinajstić information content (AvgIpc) is 3.68. The van der Waals surface area contributed by atoms with Gasteiger partial charge in [0, 0.05) is 46.5 Å². The van der Waals surface area contributed by atoms with Crippen molar-refractivity contribution in [3.63, 3.8) is 0 Å². The average molecular weight is 493 g/mol. The molecule has 8 nitrogen and oxygen atoms in total. The molecule has 0 spiro atoms. The molecule has 36 heavy (non-hydrogen) atoms. The van der Waals surface area contributed by atoms with E-state index in [1.807, 2.05) is 24.7 Å². The first-order valence-corrected chi connectivity index (χ1v) is 13.1.